The maximum Gasteiger partial charge on any atom is 0.208 e. The second kappa shape index (κ2) is 8.01. The van der Waals surface area contributed by atoms with Gasteiger partial charge >= 0.3 is 0 Å². The van der Waals surface area contributed by atoms with E-state index < -0.39 is 10.0 Å². The van der Waals surface area contributed by atoms with Crippen LogP contribution in [0.15, 0.2) is 18.2 Å². The van der Waals surface area contributed by atoms with Crippen molar-refractivity contribution in [3.05, 3.63) is 23.8 Å². The quantitative estimate of drug-likeness (QED) is 0.806. The lowest BCUT2D eigenvalue weighted by atomic mass is 10.2. The predicted molar refractivity (Wildman–Crippen MR) is 83.1 cm³/mol. The molecule has 0 amide bonds. The predicted octanol–water partition coefficient (Wildman–Crippen LogP) is 1.59. The molecule has 0 aliphatic rings. The van der Waals surface area contributed by atoms with Gasteiger partial charge in [-0.15, -0.1) is 0 Å². The van der Waals surface area contributed by atoms with Crippen molar-refractivity contribution in [3.63, 3.8) is 0 Å². The van der Waals surface area contributed by atoms with E-state index in [2.05, 4.69) is 4.72 Å². The molecule has 1 aromatic rings. The number of hydrogen-bond acceptors (Lipinski definition) is 4. The summed E-state index contributed by atoms with van der Waals surface area (Å²) in [6, 6.07) is 5.75. The number of nitrogens with two attached hydrogens (primary N) is 1. The van der Waals surface area contributed by atoms with Gasteiger partial charge in [0, 0.05) is 31.5 Å². The molecule has 1 rings (SSSR count). The van der Waals surface area contributed by atoms with E-state index in [1.807, 2.05) is 50.9 Å². The smallest absolute Gasteiger partial charge is 0.208 e. The fraction of sp³-hybridized carbons (Fsp3) is 0.538. The van der Waals surface area contributed by atoms with Crippen LogP contribution in [0.5, 0.6) is 0 Å². The topological polar surface area (TPSA) is 75.4 Å². The van der Waals surface area contributed by atoms with Crippen LogP contribution in [0.4, 0.5) is 11.4 Å². The highest BCUT2D eigenvalue weighted by atomic mass is 32.2. The number of benzene rings is 1. The van der Waals surface area contributed by atoms with E-state index in [9.17, 15) is 8.42 Å². The first-order valence-electron chi connectivity index (χ1n) is 6.31. The van der Waals surface area contributed by atoms with Crippen molar-refractivity contribution in [1.29, 1.82) is 0 Å². The molecular weight excluding hydrogens is 262 g/mol. The molecule has 0 bridgehead atoms. The van der Waals surface area contributed by atoms with E-state index in [1.165, 1.54) is 0 Å². The van der Waals surface area contributed by atoms with Crippen molar-refractivity contribution in [2.45, 2.75) is 20.8 Å². The third-order valence-corrected chi connectivity index (χ3v) is 3.23. The third-order valence-electron chi connectivity index (χ3n) is 2.51. The highest BCUT2D eigenvalue weighted by molar-refractivity contribution is 7.88. The molecule has 0 unspecified atom stereocenters. The summed E-state index contributed by atoms with van der Waals surface area (Å²) in [5, 5.41) is 0. The Hall–Kier alpha value is -1.27. The van der Waals surface area contributed by atoms with Crippen molar-refractivity contribution in [2.24, 2.45) is 0 Å². The molecule has 0 saturated carbocycles. The lowest BCUT2D eigenvalue weighted by Gasteiger charge is -2.20. The van der Waals surface area contributed by atoms with E-state index in [0.717, 1.165) is 23.2 Å². The Morgan fingerprint density at radius 1 is 1.32 bits per heavy atom. The molecule has 0 radical (unpaired) electrons. The maximum absolute atomic E-state index is 10.9. The Kier molecular flexibility index (Phi) is 7.48. The number of nitrogen functional groups attached to an aromatic ring is 1. The van der Waals surface area contributed by atoms with Gasteiger partial charge in [-0.2, -0.15) is 0 Å². The number of sulfonamides is 1. The largest absolute Gasteiger partial charge is 0.399 e. The molecule has 0 atom stereocenters. The average Bonchev–Trinajstić information content (AvgIpc) is 2.33. The first-order valence-corrected chi connectivity index (χ1v) is 8.20. The highest BCUT2D eigenvalue weighted by Gasteiger charge is 2.04. The Morgan fingerprint density at radius 2 is 1.89 bits per heavy atom. The molecular formula is C13H25N3O2S. The molecule has 3 N–H and O–H groups in total. The molecule has 110 valence electrons. The van der Waals surface area contributed by atoms with Crippen LogP contribution in [-0.4, -0.2) is 34.8 Å². The molecule has 5 nitrogen and oxygen atoms in total. The molecule has 0 fully saturated rings. The molecule has 19 heavy (non-hydrogen) atoms. The normalized spacial score (nSPS) is 10.6. The molecule has 1 aromatic carbocycles. The minimum absolute atomic E-state index is 0.388. The van der Waals surface area contributed by atoms with Crippen LogP contribution in [0.2, 0.25) is 0 Å². The molecule has 0 aromatic heterocycles. The molecule has 6 heteroatoms. The van der Waals surface area contributed by atoms with Gasteiger partial charge in [-0.1, -0.05) is 13.8 Å². The first-order chi connectivity index (χ1) is 8.79. The number of aryl methyl sites for hydroxylation is 1. The van der Waals surface area contributed by atoms with Gasteiger partial charge in [0.15, 0.2) is 0 Å². The zero-order valence-electron chi connectivity index (χ0n) is 12.4. The van der Waals surface area contributed by atoms with Crippen molar-refractivity contribution in [2.75, 3.05) is 37.0 Å². The van der Waals surface area contributed by atoms with Crippen molar-refractivity contribution in [3.8, 4) is 0 Å². The molecule has 0 aliphatic carbocycles. The van der Waals surface area contributed by atoms with Crippen LogP contribution in [0.1, 0.15) is 19.4 Å². The van der Waals surface area contributed by atoms with Gasteiger partial charge in [0.1, 0.15) is 0 Å². The lowest BCUT2D eigenvalue weighted by molar-refractivity contribution is 0.588. The van der Waals surface area contributed by atoms with Crippen LogP contribution in [-0.2, 0) is 10.0 Å². The maximum atomic E-state index is 10.9. The van der Waals surface area contributed by atoms with Crippen LogP contribution < -0.4 is 15.4 Å². The van der Waals surface area contributed by atoms with Crippen LogP contribution in [0, 0.1) is 6.92 Å². The molecule has 0 saturated heterocycles. The summed E-state index contributed by atoms with van der Waals surface area (Å²) in [6.07, 6.45) is 1.15. The fourth-order valence-electron chi connectivity index (χ4n) is 1.43. The van der Waals surface area contributed by atoms with Crippen LogP contribution in [0.25, 0.3) is 0 Å². The van der Waals surface area contributed by atoms with Crippen LogP contribution in [0.3, 0.4) is 0 Å². The molecule has 0 aliphatic heterocycles. The van der Waals surface area contributed by atoms with Crippen LogP contribution >= 0.6 is 0 Å². The Labute approximate surface area is 116 Å². The summed E-state index contributed by atoms with van der Waals surface area (Å²) in [5.41, 5.74) is 8.54. The number of nitrogens with zero attached hydrogens (tertiary/aromatic N) is 1. The molecule has 0 spiro atoms. The van der Waals surface area contributed by atoms with Gasteiger partial charge in [0.25, 0.3) is 0 Å². The van der Waals surface area contributed by atoms with E-state index >= 15 is 0 Å². The molecule has 0 heterocycles. The van der Waals surface area contributed by atoms with Crippen molar-refractivity contribution >= 4 is 21.4 Å². The minimum Gasteiger partial charge on any atom is -0.399 e. The Balaban J connectivity index is 0.00000154. The summed E-state index contributed by atoms with van der Waals surface area (Å²) in [7, 11) is -1.20. The van der Waals surface area contributed by atoms with Gasteiger partial charge in [-0.05, 0) is 30.7 Å². The standard InChI is InChI=1S/C11H19N3O2S.C2H6/c1-9-8-10(4-5-11(9)12)14(2)7-6-13-17(3,15)16;1-2/h4-5,8,13H,6-7,12H2,1-3H3;1-2H3. The number of likely N-dealkylation sites (N-methyl/N-ethyl adjacent to an activating group) is 1. The number of anilines is 2. The summed E-state index contributed by atoms with van der Waals surface area (Å²) < 4.78 is 24.3. The van der Waals surface area contributed by atoms with E-state index in [1.54, 1.807) is 0 Å². The fourth-order valence-corrected chi connectivity index (χ4v) is 1.89. The van der Waals surface area contributed by atoms with Gasteiger partial charge in [0.2, 0.25) is 10.0 Å². The second-order valence-corrected chi connectivity index (χ2v) is 5.96. The lowest BCUT2D eigenvalue weighted by Crippen LogP contribution is -2.32. The zero-order valence-corrected chi connectivity index (χ0v) is 13.2. The van der Waals surface area contributed by atoms with Gasteiger partial charge in [0.05, 0.1) is 6.26 Å². The first kappa shape index (κ1) is 17.7. The van der Waals surface area contributed by atoms with Gasteiger partial charge in [-0.3, -0.25) is 0 Å². The number of hydrogen-bond donors (Lipinski definition) is 2. The summed E-state index contributed by atoms with van der Waals surface area (Å²) in [4.78, 5) is 1.98. The van der Waals surface area contributed by atoms with Crippen molar-refractivity contribution in [1.82, 2.24) is 4.72 Å². The average molecular weight is 287 g/mol. The summed E-state index contributed by atoms with van der Waals surface area (Å²) in [6.45, 7) is 6.94. The third kappa shape index (κ3) is 7.03. The zero-order chi connectivity index (χ0) is 15.1. The Bertz CT molecular complexity index is 487. The summed E-state index contributed by atoms with van der Waals surface area (Å²) >= 11 is 0. The monoisotopic (exact) mass is 287 g/mol. The van der Waals surface area contributed by atoms with Gasteiger partial charge in [-0.25, -0.2) is 13.1 Å². The summed E-state index contributed by atoms with van der Waals surface area (Å²) in [5.74, 6) is 0. The SMILES string of the molecule is CC.Cc1cc(N(C)CCNS(C)(=O)=O)ccc1N. The minimum atomic E-state index is -3.11. The number of nitrogens with one attached hydrogen (secondary N) is 1. The van der Waals surface area contributed by atoms with E-state index in [0.29, 0.717) is 13.1 Å². The van der Waals surface area contributed by atoms with Crippen molar-refractivity contribution < 1.29 is 8.42 Å². The highest BCUT2D eigenvalue weighted by Crippen LogP contribution is 2.19. The number of rotatable bonds is 5. The van der Waals surface area contributed by atoms with Gasteiger partial charge < -0.3 is 10.6 Å². The van der Waals surface area contributed by atoms with E-state index in [4.69, 9.17) is 5.73 Å². The Morgan fingerprint density at radius 3 is 2.37 bits per heavy atom. The second-order valence-electron chi connectivity index (χ2n) is 4.13. The van der Waals surface area contributed by atoms with E-state index in [-0.39, 0.29) is 0 Å².